The minimum Gasteiger partial charge on any atom is -0.317 e. The number of thiophene rings is 1. The maximum Gasteiger partial charge on any atom is 0.0704 e. The lowest BCUT2D eigenvalue weighted by atomic mass is 9.83. The summed E-state index contributed by atoms with van der Waals surface area (Å²) < 4.78 is 1.26. The Bertz CT molecular complexity index is 357. The van der Waals surface area contributed by atoms with Gasteiger partial charge in [-0.25, -0.2) is 0 Å². The molecule has 0 fully saturated rings. The van der Waals surface area contributed by atoms with Gasteiger partial charge in [0.1, 0.15) is 0 Å². The molecule has 0 aliphatic heterocycles. The van der Waals surface area contributed by atoms with Gasteiger partial charge in [-0.05, 0) is 78.7 Å². The summed E-state index contributed by atoms with van der Waals surface area (Å²) in [7, 11) is 0. The topological polar surface area (TPSA) is 12.0 Å². The Balaban J connectivity index is 2.34. The lowest BCUT2D eigenvalue weighted by Crippen LogP contribution is -2.23. The van der Waals surface area contributed by atoms with E-state index >= 15 is 0 Å². The standard InChI is InChI=1S/C15H26BrNS/c1-5-9-17-10-8-15(3,4)7-6-13-11-14(16)18-12(13)2/h11,17H,5-10H2,1-4H3. The predicted octanol–water partition coefficient (Wildman–Crippen LogP) is 5.17. The van der Waals surface area contributed by atoms with Crippen molar-refractivity contribution in [2.75, 3.05) is 13.1 Å². The Morgan fingerprint density at radius 1 is 1.28 bits per heavy atom. The molecule has 18 heavy (non-hydrogen) atoms. The Morgan fingerprint density at radius 2 is 2.00 bits per heavy atom. The maximum atomic E-state index is 3.57. The first-order valence-electron chi connectivity index (χ1n) is 6.90. The average molecular weight is 332 g/mol. The van der Waals surface area contributed by atoms with Gasteiger partial charge in [0.2, 0.25) is 0 Å². The Labute approximate surface area is 125 Å². The van der Waals surface area contributed by atoms with Crippen molar-refractivity contribution in [2.24, 2.45) is 5.41 Å². The van der Waals surface area contributed by atoms with Gasteiger partial charge in [0, 0.05) is 4.88 Å². The minimum absolute atomic E-state index is 0.432. The highest BCUT2D eigenvalue weighted by molar-refractivity contribution is 9.11. The quantitative estimate of drug-likeness (QED) is 0.648. The zero-order valence-electron chi connectivity index (χ0n) is 12.1. The van der Waals surface area contributed by atoms with E-state index in [1.165, 1.54) is 39.9 Å². The monoisotopic (exact) mass is 331 g/mol. The van der Waals surface area contributed by atoms with Crippen molar-refractivity contribution in [3.8, 4) is 0 Å². The number of hydrogen-bond donors (Lipinski definition) is 1. The molecule has 0 unspecified atom stereocenters. The van der Waals surface area contributed by atoms with Crippen molar-refractivity contribution in [1.82, 2.24) is 5.32 Å². The third kappa shape index (κ3) is 5.85. The van der Waals surface area contributed by atoms with E-state index in [9.17, 15) is 0 Å². The lowest BCUT2D eigenvalue weighted by molar-refractivity contribution is 0.302. The van der Waals surface area contributed by atoms with Crippen LogP contribution in [0, 0.1) is 12.3 Å². The van der Waals surface area contributed by atoms with Crippen molar-refractivity contribution in [1.29, 1.82) is 0 Å². The van der Waals surface area contributed by atoms with Crippen LogP contribution in [0.2, 0.25) is 0 Å². The van der Waals surface area contributed by atoms with E-state index < -0.39 is 0 Å². The number of hydrogen-bond acceptors (Lipinski definition) is 2. The number of rotatable bonds is 8. The predicted molar refractivity (Wildman–Crippen MR) is 86.6 cm³/mol. The molecule has 0 bridgehead atoms. The first-order chi connectivity index (χ1) is 8.44. The van der Waals surface area contributed by atoms with Gasteiger partial charge in [0.25, 0.3) is 0 Å². The largest absolute Gasteiger partial charge is 0.317 e. The van der Waals surface area contributed by atoms with Crippen LogP contribution in [0.1, 0.15) is 50.5 Å². The van der Waals surface area contributed by atoms with Crippen LogP contribution in [0.25, 0.3) is 0 Å². The number of nitrogens with one attached hydrogen (secondary N) is 1. The molecule has 0 aliphatic carbocycles. The molecule has 3 heteroatoms. The molecule has 0 atom stereocenters. The highest BCUT2D eigenvalue weighted by atomic mass is 79.9. The van der Waals surface area contributed by atoms with Gasteiger partial charge >= 0.3 is 0 Å². The first kappa shape index (κ1) is 16.2. The molecular weight excluding hydrogens is 306 g/mol. The molecule has 1 aromatic heterocycles. The van der Waals surface area contributed by atoms with Gasteiger partial charge in [0.05, 0.1) is 3.79 Å². The number of halogens is 1. The summed E-state index contributed by atoms with van der Waals surface area (Å²) in [5.74, 6) is 0. The highest BCUT2D eigenvalue weighted by Crippen LogP contribution is 2.31. The van der Waals surface area contributed by atoms with Crippen LogP contribution in [-0.4, -0.2) is 13.1 Å². The summed E-state index contributed by atoms with van der Waals surface area (Å²) in [6.07, 6.45) is 4.96. The summed E-state index contributed by atoms with van der Waals surface area (Å²) in [4.78, 5) is 1.46. The van der Waals surface area contributed by atoms with Gasteiger partial charge in [-0.15, -0.1) is 11.3 Å². The van der Waals surface area contributed by atoms with Crippen LogP contribution in [0.15, 0.2) is 9.85 Å². The number of aryl methyl sites for hydroxylation is 2. The molecule has 0 aliphatic rings. The fourth-order valence-electron chi connectivity index (χ4n) is 2.05. The average Bonchev–Trinajstić information content (AvgIpc) is 2.61. The summed E-state index contributed by atoms with van der Waals surface area (Å²) in [5, 5.41) is 3.50. The van der Waals surface area contributed by atoms with Crippen LogP contribution < -0.4 is 5.32 Å². The SMILES string of the molecule is CCCNCCC(C)(C)CCc1cc(Br)sc1C. The Morgan fingerprint density at radius 3 is 2.56 bits per heavy atom. The van der Waals surface area contributed by atoms with Crippen LogP contribution in [0.3, 0.4) is 0 Å². The molecule has 1 heterocycles. The van der Waals surface area contributed by atoms with E-state index in [0.29, 0.717) is 5.41 Å². The van der Waals surface area contributed by atoms with Gasteiger partial charge in [-0.1, -0.05) is 20.8 Å². The normalized spacial score (nSPS) is 12.1. The molecule has 0 spiro atoms. The van der Waals surface area contributed by atoms with Crippen molar-refractivity contribution < 1.29 is 0 Å². The van der Waals surface area contributed by atoms with Crippen molar-refractivity contribution in [3.63, 3.8) is 0 Å². The van der Waals surface area contributed by atoms with Gasteiger partial charge in [-0.3, -0.25) is 0 Å². The Kier molecular flexibility index (Phi) is 6.89. The second-order valence-electron chi connectivity index (χ2n) is 5.80. The van der Waals surface area contributed by atoms with E-state index in [-0.39, 0.29) is 0 Å². The molecule has 0 radical (unpaired) electrons. The fourth-order valence-corrected chi connectivity index (χ4v) is 3.85. The van der Waals surface area contributed by atoms with Crippen molar-refractivity contribution in [3.05, 3.63) is 20.3 Å². The molecule has 0 saturated carbocycles. The Hall–Kier alpha value is 0.140. The fraction of sp³-hybridized carbons (Fsp3) is 0.733. The molecule has 0 aromatic carbocycles. The van der Waals surface area contributed by atoms with Crippen molar-refractivity contribution in [2.45, 2.75) is 53.4 Å². The summed E-state index contributed by atoms with van der Waals surface area (Å²) >= 11 is 5.42. The molecule has 0 amide bonds. The van der Waals surface area contributed by atoms with E-state index in [4.69, 9.17) is 0 Å². The smallest absolute Gasteiger partial charge is 0.0704 e. The molecule has 1 rings (SSSR count). The summed E-state index contributed by atoms with van der Waals surface area (Å²) in [5.41, 5.74) is 1.95. The van der Waals surface area contributed by atoms with Crippen LogP contribution >= 0.6 is 27.3 Å². The zero-order valence-corrected chi connectivity index (χ0v) is 14.5. The van der Waals surface area contributed by atoms with E-state index in [0.717, 1.165) is 13.1 Å². The summed E-state index contributed by atoms with van der Waals surface area (Å²) in [6.45, 7) is 11.5. The van der Waals surface area contributed by atoms with Gasteiger partial charge in [-0.2, -0.15) is 0 Å². The van der Waals surface area contributed by atoms with Crippen LogP contribution in [-0.2, 0) is 6.42 Å². The molecular formula is C15H26BrNS. The second kappa shape index (κ2) is 7.66. The second-order valence-corrected chi connectivity index (χ2v) is 8.43. The lowest BCUT2D eigenvalue weighted by Gasteiger charge is -2.24. The molecule has 104 valence electrons. The van der Waals surface area contributed by atoms with Gasteiger partial charge < -0.3 is 5.32 Å². The van der Waals surface area contributed by atoms with Crippen LogP contribution in [0.4, 0.5) is 0 Å². The maximum absolute atomic E-state index is 3.57. The summed E-state index contributed by atoms with van der Waals surface area (Å²) in [6, 6.07) is 2.28. The van der Waals surface area contributed by atoms with Gasteiger partial charge in [0.15, 0.2) is 0 Å². The third-order valence-corrected chi connectivity index (χ3v) is 5.06. The molecule has 1 N–H and O–H groups in total. The molecule has 1 nitrogen and oxygen atoms in total. The van der Waals surface area contributed by atoms with E-state index in [2.05, 4.69) is 55.0 Å². The first-order valence-corrected chi connectivity index (χ1v) is 8.51. The molecule has 0 saturated heterocycles. The van der Waals surface area contributed by atoms with E-state index in [1.54, 1.807) is 0 Å². The molecule has 1 aromatic rings. The zero-order chi connectivity index (χ0) is 13.6. The van der Waals surface area contributed by atoms with Crippen molar-refractivity contribution >= 4 is 27.3 Å². The minimum atomic E-state index is 0.432. The highest BCUT2D eigenvalue weighted by Gasteiger charge is 2.18. The van der Waals surface area contributed by atoms with E-state index in [1.807, 2.05) is 11.3 Å². The van der Waals surface area contributed by atoms with Crippen LogP contribution in [0.5, 0.6) is 0 Å². The third-order valence-electron chi connectivity index (χ3n) is 3.47.